The van der Waals surface area contributed by atoms with E-state index in [4.69, 9.17) is 4.74 Å². The van der Waals surface area contributed by atoms with Gasteiger partial charge in [0.2, 0.25) is 0 Å². The van der Waals surface area contributed by atoms with Crippen molar-refractivity contribution in [3.05, 3.63) is 34.9 Å². The molecular formula is C24H32O5. The minimum Gasteiger partial charge on any atom is -0.456 e. The number of carbonyl (C=O) groups is 2. The summed E-state index contributed by atoms with van der Waals surface area (Å²) >= 11 is 0. The first-order valence-corrected chi connectivity index (χ1v) is 10.6. The number of carbonyl (C=O) groups excluding carboxylic acids is 2. The molecule has 0 radical (unpaired) electrons. The Morgan fingerprint density at radius 2 is 1.86 bits per heavy atom. The van der Waals surface area contributed by atoms with Gasteiger partial charge in [-0.05, 0) is 63.0 Å². The van der Waals surface area contributed by atoms with Crippen LogP contribution in [0, 0.1) is 22.7 Å². The van der Waals surface area contributed by atoms with E-state index in [0.717, 1.165) is 23.1 Å². The van der Waals surface area contributed by atoms with Gasteiger partial charge in [-0.15, -0.1) is 0 Å². The molecular weight excluding hydrogens is 368 g/mol. The quantitative estimate of drug-likeness (QED) is 0.660. The second-order valence-electron chi connectivity index (χ2n) is 10.3. The van der Waals surface area contributed by atoms with Crippen LogP contribution in [0.2, 0.25) is 0 Å². The number of fused-ring (bicyclic) bond motifs is 3. The van der Waals surface area contributed by atoms with E-state index in [1.54, 1.807) is 6.92 Å². The normalized spacial score (nSPS) is 43.4. The summed E-state index contributed by atoms with van der Waals surface area (Å²) in [4.78, 5) is 24.4. The van der Waals surface area contributed by atoms with Gasteiger partial charge in [0.15, 0.2) is 0 Å². The van der Waals surface area contributed by atoms with E-state index >= 15 is 0 Å². The average Bonchev–Trinajstić information content (AvgIpc) is 2.76. The lowest BCUT2D eigenvalue weighted by Gasteiger charge is -2.52. The molecule has 6 unspecified atom stereocenters. The topological polar surface area (TPSA) is 83.8 Å². The lowest BCUT2D eigenvalue weighted by atomic mass is 9.53. The number of hydrogen-bond donors (Lipinski definition) is 2. The number of aliphatic hydroxyl groups excluding tert-OH is 2. The van der Waals surface area contributed by atoms with E-state index in [0.29, 0.717) is 19.3 Å². The van der Waals surface area contributed by atoms with Crippen LogP contribution in [0.3, 0.4) is 0 Å². The Balaban J connectivity index is 1.87. The molecule has 1 saturated carbocycles. The Kier molecular flexibility index (Phi) is 4.53. The highest BCUT2D eigenvalue weighted by Gasteiger charge is 2.65. The van der Waals surface area contributed by atoms with E-state index in [2.05, 4.69) is 13.8 Å². The first kappa shape index (κ1) is 20.5. The standard InChI is InChI=1S/C24H32O5/c1-13(25)18-11-20(27)24(5)17-8-7-16-14(6-9-21(28)29-22(16,2)3)10-15(17)19(26)12-23(18,24)4/h6,9-10,16,18-20,26-27H,7-8,11-12H2,1-5H3. The highest BCUT2D eigenvalue weighted by molar-refractivity contribution is 5.84. The zero-order valence-corrected chi connectivity index (χ0v) is 18.0. The molecule has 0 amide bonds. The molecule has 6 atom stereocenters. The van der Waals surface area contributed by atoms with Crippen LogP contribution in [-0.2, 0) is 14.3 Å². The fourth-order valence-electron chi connectivity index (χ4n) is 6.75. The maximum Gasteiger partial charge on any atom is 0.331 e. The Morgan fingerprint density at radius 3 is 2.52 bits per heavy atom. The summed E-state index contributed by atoms with van der Waals surface area (Å²) in [5.41, 5.74) is 1.17. The molecule has 0 spiro atoms. The third-order valence-corrected chi connectivity index (χ3v) is 8.55. The molecule has 5 nitrogen and oxygen atoms in total. The van der Waals surface area contributed by atoms with Crippen LogP contribution in [0.4, 0.5) is 0 Å². The lowest BCUT2D eigenvalue weighted by molar-refractivity contribution is -0.153. The second-order valence-corrected chi connectivity index (χ2v) is 10.3. The van der Waals surface area contributed by atoms with E-state index < -0.39 is 28.6 Å². The fraction of sp³-hybridized carbons (Fsp3) is 0.667. The number of cyclic esters (lactones) is 1. The third kappa shape index (κ3) is 2.73. The predicted molar refractivity (Wildman–Crippen MR) is 109 cm³/mol. The number of ketones is 1. The molecule has 4 rings (SSSR count). The maximum absolute atomic E-state index is 12.4. The molecule has 158 valence electrons. The van der Waals surface area contributed by atoms with Gasteiger partial charge in [-0.2, -0.15) is 0 Å². The van der Waals surface area contributed by atoms with Crippen LogP contribution >= 0.6 is 0 Å². The molecule has 2 N–H and O–H groups in total. The van der Waals surface area contributed by atoms with Gasteiger partial charge < -0.3 is 14.9 Å². The number of ether oxygens (including phenoxy) is 1. The van der Waals surface area contributed by atoms with E-state index in [1.165, 1.54) is 6.08 Å². The first-order valence-electron chi connectivity index (χ1n) is 10.6. The molecule has 5 heteroatoms. The number of aliphatic hydroxyl groups is 2. The number of rotatable bonds is 1. The van der Waals surface area contributed by atoms with Crippen molar-refractivity contribution < 1.29 is 24.5 Å². The molecule has 29 heavy (non-hydrogen) atoms. The number of hydrogen-bond acceptors (Lipinski definition) is 5. The van der Waals surface area contributed by atoms with E-state index in [1.807, 2.05) is 26.0 Å². The molecule has 4 aliphatic rings. The Labute approximate surface area is 172 Å². The zero-order valence-electron chi connectivity index (χ0n) is 18.0. The number of esters is 1. The highest BCUT2D eigenvalue weighted by atomic mass is 16.6. The number of Topliss-reactive ketones (excluding diaryl/α,β-unsaturated/α-hetero) is 1. The van der Waals surface area contributed by atoms with Gasteiger partial charge >= 0.3 is 5.97 Å². The van der Waals surface area contributed by atoms with Crippen molar-refractivity contribution in [2.24, 2.45) is 22.7 Å². The summed E-state index contributed by atoms with van der Waals surface area (Å²) in [5.74, 6) is -0.526. The van der Waals surface area contributed by atoms with Gasteiger partial charge in [-0.1, -0.05) is 31.6 Å². The lowest BCUT2D eigenvalue weighted by Crippen LogP contribution is -2.50. The van der Waals surface area contributed by atoms with Gasteiger partial charge in [0.25, 0.3) is 0 Å². The summed E-state index contributed by atoms with van der Waals surface area (Å²) in [5, 5.41) is 22.3. The maximum atomic E-state index is 12.4. The minimum atomic E-state index is -0.696. The van der Waals surface area contributed by atoms with Gasteiger partial charge in [0.05, 0.1) is 12.2 Å². The monoisotopic (exact) mass is 400 g/mol. The van der Waals surface area contributed by atoms with Crippen LogP contribution in [0.1, 0.15) is 60.3 Å². The molecule has 1 fully saturated rings. The molecule has 0 aromatic heterocycles. The van der Waals surface area contributed by atoms with Crippen molar-refractivity contribution in [1.29, 1.82) is 0 Å². The molecule has 0 saturated heterocycles. The van der Waals surface area contributed by atoms with Crippen molar-refractivity contribution in [2.45, 2.75) is 78.1 Å². The molecule has 1 heterocycles. The summed E-state index contributed by atoms with van der Waals surface area (Å²) < 4.78 is 5.66. The smallest absolute Gasteiger partial charge is 0.331 e. The summed E-state index contributed by atoms with van der Waals surface area (Å²) in [6.45, 7) is 9.59. The molecule has 0 aromatic carbocycles. The summed E-state index contributed by atoms with van der Waals surface area (Å²) in [7, 11) is 0. The van der Waals surface area contributed by atoms with Crippen molar-refractivity contribution in [1.82, 2.24) is 0 Å². The zero-order chi connectivity index (χ0) is 21.4. The Hall–Kier alpha value is -1.72. The Morgan fingerprint density at radius 1 is 1.17 bits per heavy atom. The fourth-order valence-corrected chi connectivity index (χ4v) is 6.75. The van der Waals surface area contributed by atoms with Crippen LogP contribution in [0.5, 0.6) is 0 Å². The van der Waals surface area contributed by atoms with Crippen molar-refractivity contribution in [3.63, 3.8) is 0 Å². The van der Waals surface area contributed by atoms with Crippen molar-refractivity contribution >= 4 is 11.8 Å². The van der Waals surface area contributed by atoms with Crippen LogP contribution in [0.15, 0.2) is 34.9 Å². The highest BCUT2D eigenvalue weighted by Crippen LogP contribution is 2.66. The second kappa shape index (κ2) is 6.39. The largest absolute Gasteiger partial charge is 0.456 e. The average molecular weight is 401 g/mol. The summed E-state index contributed by atoms with van der Waals surface area (Å²) in [6.07, 6.45) is 6.29. The van der Waals surface area contributed by atoms with Crippen LogP contribution < -0.4 is 0 Å². The van der Waals surface area contributed by atoms with E-state index in [9.17, 15) is 19.8 Å². The minimum absolute atomic E-state index is 0.00000562. The predicted octanol–water partition coefficient (Wildman–Crippen LogP) is 3.26. The molecule has 0 aromatic rings. The molecule has 1 aliphatic heterocycles. The van der Waals surface area contributed by atoms with Crippen LogP contribution in [0.25, 0.3) is 0 Å². The third-order valence-electron chi connectivity index (χ3n) is 8.55. The van der Waals surface area contributed by atoms with Gasteiger partial charge in [-0.25, -0.2) is 4.79 Å². The van der Waals surface area contributed by atoms with Gasteiger partial charge in [0.1, 0.15) is 11.4 Å². The number of allylic oxidation sites excluding steroid dienone is 1. The van der Waals surface area contributed by atoms with Gasteiger partial charge in [0, 0.05) is 23.3 Å². The van der Waals surface area contributed by atoms with Crippen molar-refractivity contribution in [3.8, 4) is 0 Å². The van der Waals surface area contributed by atoms with Gasteiger partial charge in [-0.3, -0.25) is 4.79 Å². The summed E-state index contributed by atoms with van der Waals surface area (Å²) in [6, 6.07) is 0. The first-order chi connectivity index (χ1) is 13.4. The SMILES string of the molecule is CC(=O)C1CC(O)C2(C)C3=C(C=C4C=CC(=O)OC(C)(C)C4CC3)C(O)CC12C. The van der Waals surface area contributed by atoms with E-state index in [-0.39, 0.29) is 23.6 Å². The Bertz CT molecular complexity index is 862. The molecule has 0 bridgehead atoms. The molecule has 3 aliphatic carbocycles. The van der Waals surface area contributed by atoms with Crippen LogP contribution in [-0.4, -0.2) is 39.8 Å². The van der Waals surface area contributed by atoms with Crippen molar-refractivity contribution in [2.75, 3.05) is 0 Å².